The van der Waals surface area contributed by atoms with Gasteiger partial charge in [-0.25, -0.2) is 0 Å². The first-order chi connectivity index (χ1) is 17.1. The molecule has 9 heteroatoms. The molecule has 0 bridgehead atoms. The monoisotopic (exact) mass is 513 g/mol. The summed E-state index contributed by atoms with van der Waals surface area (Å²) in [5.74, 6) is -2.76. The first kappa shape index (κ1) is 25.0. The van der Waals surface area contributed by atoms with Gasteiger partial charge in [0, 0.05) is 20.1 Å². The molecule has 4 aliphatic heterocycles. The Morgan fingerprint density at radius 2 is 1.75 bits per heavy atom. The van der Waals surface area contributed by atoms with E-state index >= 15 is 0 Å². The number of hydrogen-bond acceptors (Lipinski definition) is 5. The highest BCUT2D eigenvalue weighted by molar-refractivity contribution is 6.34. The summed E-state index contributed by atoms with van der Waals surface area (Å²) in [5.41, 5.74) is -1.91. The van der Waals surface area contributed by atoms with E-state index in [1.165, 1.54) is 4.90 Å². The third-order valence-electron chi connectivity index (χ3n) is 8.15. The van der Waals surface area contributed by atoms with E-state index < -0.39 is 35.1 Å². The number of amides is 3. The van der Waals surface area contributed by atoms with Crippen molar-refractivity contribution >= 4 is 35.0 Å². The highest BCUT2D eigenvalue weighted by atomic mass is 35.5. The van der Waals surface area contributed by atoms with Gasteiger partial charge in [0.25, 0.3) is 5.91 Å². The lowest BCUT2D eigenvalue weighted by Crippen LogP contribution is -2.59. The number of aliphatic hydroxyl groups excluding tert-OH is 1. The quantitative estimate of drug-likeness (QED) is 0.624. The minimum absolute atomic E-state index is 0.137. The number of nitrogens with zero attached hydrogens (tertiary/aromatic N) is 3. The van der Waals surface area contributed by atoms with Gasteiger partial charge in [-0.05, 0) is 25.0 Å². The molecule has 1 unspecified atom stereocenters. The lowest BCUT2D eigenvalue weighted by Gasteiger charge is -2.41. The number of likely N-dealkylation sites (tertiary alicyclic amines) is 1. The molecule has 192 valence electrons. The highest BCUT2D eigenvalue weighted by Crippen LogP contribution is 2.58. The van der Waals surface area contributed by atoms with Crippen molar-refractivity contribution in [3.63, 3.8) is 0 Å². The van der Waals surface area contributed by atoms with E-state index in [1.807, 2.05) is 39.0 Å². The van der Waals surface area contributed by atoms with Crippen LogP contribution >= 0.6 is 11.6 Å². The van der Waals surface area contributed by atoms with E-state index in [1.54, 1.807) is 47.2 Å². The Kier molecular flexibility index (Phi) is 6.05. The maximum atomic E-state index is 14.4. The number of likely N-dealkylation sites (N-methyl/N-ethyl adjacent to an activating group) is 1. The van der Waals surface area contributed by atoms with Crippen LogP contribution in [0.4, 0.5) is 5.69 Å². The van der Waals surface area contributed by atoms with Gasteiger partial charge in [-0.3, -0.25) is 14.4 Å². The van der Waals surface area contributed by atoms with E-state index in [4.69, 9.17) is 16.3 Å². The topological polar surface area (TPSA) is 90.4 Å². The van der Waals surface area contributed by atoms with Crippen molar-refractivity contribution in [2.24, 2.45) is 17.8 Å². The minimum Gasteiger partial charge on any atom is -0.394 e. The van der Waals surface area contributed by atoms with Crippen LogP contribution in [0.1, 0.15) is 20.8 Å². The summed E-state index contributed by atoms with van der Waals surface area (Å²) in [4.78, 5) is 46.9. The van der Waals surface area contributed by atoms with Gasteiger partial charge in [0.15, 0.2) is 0 Å². The van der Waals surface area contributed by atoms with Gasteiger partial charge in [-0.1, -0.05) is 61.9 Å². The van der Waals surface area contributed by atoms with Gasteiger partial charge in [-0.2, -0.15) is 0 Å². The predicted molar refractivity (Wildman–Crippen MR) is 135 cm³/mol. The van der Waals surface area contributed by atoms with Crippen molar-refractivity contribution in [3.05, 3.63) is 53.6 Å². The van der Waals surface area contributed by atoms with Crippen LogP contribution in [0.15, 0.2) is 48.6 Å². The normalized spacial score (nSPS) is 34.6. The number of rotatable bonds is 4. The number of anilines is 1. The Labute approximate surface area is 216 Å². The summed E-state index contributed by atoms with van der Waals surface area (Å²) in [6, 6.07) is 5.37. The standard InChI is InChI=1S/C27H32ClN3O5/c1-16(2)19(15-32)31-22-25(35)30(18-10-6-5-9-17(18)28)14-8-12-27(22)21(24(31)34)20-23(33)29(4)13-7-11-26(20,3)36-27/h5-12,16,19-22,32H,13-15H2,1-4H3/t19-,20+,21-,22?,26-,27-/m0/s1. The fourth-order valence-electron chi connectivity index (χ4n) is 6.45. The number of benzene rings is 1. The zero-order valence-corrected chi connectivity index (χ0v) is 21.7. The van der Waals surface area contributed by atoms with Gasteiger partial charge in [0.05, 0.1) is 40.8 Å². The summed E-state index contributed by atoms with van der Waals surface area (Å²) < 4.78 is 6.76. The molecule has 0 radical (unpaired) electrons. The van der Waals surface area contributed by atoms with Crippen LogP contribution < -0.4 is 4.90 Å². The highest BCUT2D eigenvalue weighted by Gasteiger charge is 2.75. The first-order valence-electron chi connectivity index (χ1n) is 12.4. The SMILES string of the molecule is CC(C)[C@H](CO)N1C(=O)[C@@H]2[C@@H]3C(=O)N(C)CC=C[C@]3(C)O[C@@]23C=CCN(c2ccccc2Cl)C(=O)C13. The molecule has 4 heterocycles. The number of carbonyl (C=O) groups is 3. The zero-order valence-electron chi connectivity index (χ0n) is 20.9. The zero-order chi connectivity index (χ0) is 26.0. The predicted octanol–water partition coefficient (Wildman–Crippen LogP) is 2.26. The number of carbonyl (C=O) groups excluding carboxylic acids is 3. The Hall–Kier alpha value is -2.68. The lowest BCUT2D eigenvalue weighted by atomic mass is 9.74. The second-order valence-corrected chi connectivity index (χ2v) is 11.1. The van der Waals surface area contributed by atoms with Crippen LogP contribution in [0.3, 0.4) is 0 Å². The first-order valence-corrected chi connectivity index (χ1v) is 12.7. The number of fused-ring (bicyclic) bond motifs is 2. The summed E-state index contributed by atoms with van der Waals surface area (Å²) in [6.07, 6.45) is 7.34. The van der Waals surface area contributed by atoms with Gasteiger partial charge in [-0.15, -0.1) is 0 Å². The molecule has 0 aromatic heterocycles. The van der Waals surface area contributed by atoms with Crippen molar-refractivity contribution in [2.75, 3.05) is 31.6 Å². The van der Waals surface area contributed by atoms with Crippen molar-refractivity contribution < 1.29 is 24.2 Å². The average molecular weight is 514 g/mol. The van der Waals surface area contributed by atoms with E-state index in [0.29, 0.717) is 17.3 Å². The third-order valence-corrected chi connectivity index (χ3v) is 8.47. The van der Waals surface area contributed by atoms with E-state index in [-0.39, 0.29) is 36.8 Å². The molecule has 4 aliphatic rings. The van der Waals surface area contributed by atoms with Crippen LogP contribution in [-0.2, 0) is 19.1 Å². The van der Waals surface area contributed by atoms with E-state index in [2.05, 4.69) is 0 Å². The van der Waals surface area contributed by atoms with Gasteiger partial charge >= 0.3 is 0 Å². The summed E-state index contributed by atoms with van der Waals surface area (Å²) >= 11 is 6.48. The van der Waals surface area contributed by atoms with Gasteiger partial charge < -0.3 is 24.5 Å². The smallest absolute Gasteiger partial charge is 0.253 e. The lowest BCUT2D eigenvalue weighted by molar-refractivity contribution is -0.151. The van der Waals surface area contributed by atoms with Crippen molar-refractivity contribution in [1.82, 2.24) is 9.80 Å². The Morgan fingerprint density at radius 1 is 1.06 bits per heavy atom. The molecule has 1 N–H and O–H groups in total. The molecule has 0 aliphatic carbocycles. The molecule has 8 nitrogen and oxygen atoms in total. The number of halogens is 1. The molecule has 36 heavy (non-hydrogen) atoms. The Bertz CT molecular complexity index is 1170. The number of hydrogen-bond donors (Lipinski definition) is 1. The van der Waals surface area contributed by atoms with Crippen molar-refractivity contribution in [3.8, 4) is 0 Å². The summed E-state index contributed by atoms with van der Waals surface area (Å²) in [6.45, 7) is 5.94. The minimum atomic E-state index is -1.37. The second kappa shape index (κ2) is 8.71. The molecular formula is C27H32ClN3O5. The summed E-state index contributed by atoms with van der Waals surface area (Å²) in [5, 5.41) is 10.8. The fourth-order valence-corrected chi connectivity index (χ4v) is 6.68. The molecular weight excluding hydrogens is 482 g/mol. The molecule has 1 aromatic rings. The second-order valence-electron chi connectivity index (χ2n) is 10.7. The van der Waals surface area contributed by atoms with E-state index in [9.17, 15) is 19.5 Å². The molecule has 5 rings (SSSR count). The maximum absolute atomic E-state index is 14.4. The molecule has 0 saturated carbocycles. The van der Waals surface area contributed by atoms with Crippen LogP contribution in [0.2, 0.25) is 5.02 Å². The van der Waals surface area contributed by atoms with Crippen LogP contribution in [-0.4, -0.2) is 82.7 Å². The Morgan fingerprint density at radius 3 is 2.42 bits per heavy atom. The third kappa shape index (κ3) is 3.38. The largest absolute Gasteiger partial charge is 0.394 e. The van der Waals surface area contributed by atoms with Gasteiger partial charge in [0.1, 0.15) is 11.6 Å². The number of ether oxygens (including phenoxy) is 1. The molecule has 2 saturated heterocycles. The van der Waals surface area contributed by atoms with Crippen LogP contribution in [0.25, 0.3) is 0 Å². The molecule has 1 spiro atoms. The fraction of sp³-hybridized carbons (Fsp3) is 0.519. The summed E-state index contributed by atoms with van der Waals surface area (Å²) in [7, 11) is 1.70. The number of aliphatic hydroxyl groups is 1. The molecule has 1 aromatic carbocycles. The van der Waals surface area contributed by atoms with Crippen LogP contribution in [0.5, 0.6) is 0 Å². The maximum Gasteiger partial charge on any atom is 0.253 e. The average Bonchev–Trinajstić information content (AvgIpc) is 3.10. The van der Waals surface area contributed by atoms with Crippen LogP contribution in [0, 0.1) is 17.8 Å². The van der Waals surface area contributed by atoms with E-state index in [0.717, 1.165) is 0 Å². The molecule has 2 fully saturated rings. The Balaban J connectivity index is 1.71. The van der Waals surface area contributed by atoms with Crippen molar-refractivity contribution in [2.45, 2.75) is 44.1 Å². The van der Waals surface area contributed by atoms with Crippen molar-refractivity contribution in [1.29, 1.82) is 0 Å². The molecule has 3 amide bonds. The number of para-hydroxylation sites is 1. The molecule has 6 atom stereocenters. The van der Waals surface area contributed by atoms with Gasteiger partial charge in [0.2, 0.25) is 11.8 Å².